The Morgan fingerprint density at radius 2 is 1.76 bits per heavy atom. The van der Waals surface area contributed by atoms with Crippen molar-refractivity contribution in [1.82, 2.24) is 20.2 Å². The molecule has 5 nitrogen and oxygen atoms in total. The van der Waals surface area contributed by atoms with Crippen LogP contribution in [0.5, 0.6) is 0 Å². The predicted molar refractivity (Wildman–Crippen MR) is 80.7 cm³/mol. The topological polar surface area (TPSA) is 58.4 Å². The Hall–Kier alpha value is -2.82. The molecule has 2 amide bonds. The van der Waals surface area contributed by atoms with E-state index in [0.717, 1.165) is 16.6 Å². The predicted octanol–water partition coefficient (Wildman–Crippen LogP) is 2.33. The number of pyridine rings is 1. The smallest absolute Gasteiger partial charge is 0.315 e. The lowest BCUT2D eigenvalue weighted by atomic mass is 10.2. The summed E-state index contributed by atoms with van der Waals surface area (Å²) in [6.45, 7) is 0.968. The average molecular weight is 280 g/mol. The molecule has 5 heteroatoms. The van der Waals surface area contributed by atoms with E-state index in [2.05, 4.69) is 15.7 Å². The lowest BCUT2D eigenvalue weighted by Gasteiger charge is -2.07. The highest BCUT2D eigenvalue weighted by molar-refractivity contribution is 5.74. The number of carbonyl (C=O) groups is 1. The lowest BCUT2D eigenvalue weighted by molar-refractivity contribution is 0.240. The average Bonchev–Trinajstić information content (AvgIpc) is 2.95. The van der Waals surface area contributed by atoms with Gasteiger partial charge in [-0.05, 0) is 17.7 Å². The van der Waals surface area contributed by atoms with Gasteiger partial charge in [0.25, 0.3) is 0 Å². The standard InChI is InChI=1S/C16H16N4O/c21-16(17-10-13-6-2-1-3-7-13)18-11-14-12-19-20-9-5-4-8-15(14)20/h1-9,12H,10-11H2,(H2,17,18,21). The third kappa shape index (κ3) is 3.20. The van der Waals surface area contributed by atoms with Crippen LogP contribution < -0.4 is 10.6 Å². The molecule has 1 aromatic carbocycles. The molecule has 0 saturated carbocycles. The van der Waals surface area contributed by atoms with Crippen LogP contribution in [0.4, 0.5) is 4.79 Å². The number of hydrogen-bond acceptors (Lipinski definition) is 2. The normalized spacial score (nSPS) is 10.5. The summed E-state index contributed by atoms with van der Waals surface area (Å²) >= 11 is 0. The van der Waals surface area contributed by atoms with Gasteiger partial charge in [-0.2, -0.15) is 5.10 Å². The number of hydrogen-bond donors (Lipinski definition) is 2. The molecular weight excluding hydrogens is 264 g/mol. The number of aromatic nitrogens is 2. The summed E-state index contributed by atoms with van der Waals surface area (Å²) in [5, 5.41) is 9.91. The molecule has 0 aliphatic heterocycles. The van der Waals surface area contributed by atoms with E-state index < -0.39 is 0 Å². The first-order valence-corrected chi connectivity index (χ1v) is 6.80. The molecule has 0 aliphatic carbocycles. The Labute approximate surface area is 122 Å². The minimum Gasteiger partial charge on any atom is -0.334 e. The molecule has 0 unspecified atom stereocenters. The first-order valence-electron chi connectivity index (χ1n) is 6.80. The van der Waals surface area contributed by atoms with Crippen LogP contribution in [0.2, 0.25) is 0 Å². The first-order chi connectivity index (χ1) is 10.3. The molecule has 0 aliphatic rings. The number of nitrogens with zero attached hydrogens (tertiary/aromatic N) is 2. The number of rotatable bonds is 4. The Balaban J connectivity index is 1.54. The molecule has 2 heterocycles. The highest BCUT2D eigenvalue weighted by atomic mass is 16.2. The van der Waals surface area contributed by atoms with Crippen molar-refractivity contribution >= 4 is 11.5 Å². The minimum atomic E-state index is -0.186. The van der Waals surface area contributed by atoms with Gasteiger partial charge in [0.2, 0.25) is 0 Å². The molecule has 0 spiro atoms. The van der Waals surface area contributed by atoms with E-state index in [1.165, 1.54) is 0 Å². The third-order valence-corrected chi connectivity index (χ3v) is 3.24. The lowest BCUT2D eigenvalue weighted by Crippen LogP contribution is -2.34. The molecule has 0 saturated heterocycles. The van der Waals surface area contributed by atoms with Gasteiger partial charge in [-0.3, -0.25) is 0 Å². The van der Waals surface area contributed by atoms with Gasteiger partial charge in [-0.25, -0.2) is 9.31 Å². The van der Waals surface area contributed by atoms with Crippen molar-refractivity contribution < 1.29 is 4.79 Å². The fraction of sp³-hybridized carbons (Fsp3) is 0.125. The maximum atomic E-state index is 11.8. The van der Waals surface area contributed by atoms with Crippen molar-refractivity contribution in [2.75, 3.05) is 0 Å². The SMILES string of the molecule is O=C(NCc1ccccc1)NCc1cnn2ccccc12. The van der Waals surface area contributed by atoms with E-state index in [-0.39, 0.29) is 6.03 Å². The van der Waals surface area contributed by atoms with Crippen LogP contribution in [-0.2, 0) is 13.1 Å². The van der Waals surface area contributed by atoms with Gasteiger partial charge in [0.05, 0.1) is 11.7 Å². The van der Waals surface area contributed by atoms with Crippen molar-refractivity contribution in [2.24, 2.45) is 0 Å². The molecule has 0 atom stereocenters. The second-order valence-corrected chi connectivity index (χ2v) is 4.72. The molecule has 0 fully saturated rings. The van der Waals surface area contributed by atoms with Gasteiger partial charge in [0.15, 0.2) is 0 Å². The quantitative estimate of drug-likeness (QED) is 0.770. The summed E-state index contributed by atoms with van der Waals surface area (Å²) in [4.78, 5) is 11.8. The molecule has 0 radical (unpaired) electrons. The number of carbonyl (C=O) groups excluding carboxylic acids is 1. The summed E-state index contributed by atoms with van der Waals surface area (Å²) in [5.41, 5.74) is 3.06. The van der Waals surface area contributed by atoms with E-state index in [0.29, 0.717) is 13.1 Å². The molecule has 0 bridgehead atoms. The summed E-state index contributed by atoms with van der Waals surface area (Å²) in [6.07, 6.45) is 3.65. The Morgan fingerprint density at radius 3 is 2.62 bits per heavy atom. The van der Waals surface area contributed by atoms with Crippen molar-refractivity contribution in [2.45, 2.75) is 13.1 Å². The molecule has 3 aromatic rings. The molecule has 2 N–H and O–H groups in total. The monoisotopic (exact) mass is 280 g/mol. The molecule has 3 rings (SSSR count). The number of amides is 2. The van der Waals surface area contributed by atoms with E-state index in [1.807, 2.05) is 54.7 Å². The van der Waals surface area contributed by atoms with Crippen LogP contribution in [0.1, 0.15) is 11.1 Å². The van der Waals surface area contributed by atoms with Crippen LogP contribution >= 0.6 is 0 Å². The number of nitrogens with one attached hydrogen (secondary N) is 2. The zero-order chi connectivity index (χ0) is 14.5. The van der Waals surface area contributed by atoms with Crippen molar-refractivity contribution in [3.63, 3.8) is 0 Å². The van der Waals surface area contributed by atoms with Crippen molar-refractivity contribution in [3.8, 4) is 0 Å². The highest BCUT2D eigenvalue weighted by Gasteiger charge is 2.05. The van der Waals surface area contributed by atoms with Crippen molar-refractivity contribution in [1.29, 1.82) is 0 Å². The number of fused-ring (bicyclic) bond motifs is 1. The van der Waals surface area contributed by atoms with Gasteiger partial charge in [-0.15, -0.1) is 0 Å². The number of benzene rings is 1. The van der Waals surface area contributed by atoms with Gasteiger partial charge < -0.3 is 10.6 Å². The summed E-state index contributed by atoms with van der Waals surface area (Å²) < 4.78 is 1.79. The minimum absolute atomic E-state index is 0.186. The number of urea groups is 1. The Kier molecular flexibility index (Phi) is 3.82. The van der Waals surface area contributed by atoms with Crippen LogP contribution in [0.25, 0.3) is 5.52 Å². The molecule has 2 aromatic heterocycles. The summed E-state index contributed by atoms with van der Waals surface area (Å²) in [6, 6.07) is 15.5. The highest BCUT2D eigenvalue weighted by Crippen LogP contribution is 2.09. The zero-order valence-corrected chi connectivity index (χ0v) is 11.5. The molecule has 106 valence electrons. The maximum Gasteiger partial charge on any atom is 0.315 e. The van der Waals surface area contributed by atoms with Gasteiger partial charge in [0, 0.05) is 24.8 Å². The van der Waals surface area contributed by atoms with Gasteiger partial charge in [-0.1, -0.05) is 36.4 Å². The van der Waals surface area contributed by atoms with Crippen LogP contribution in [0, 0.1) is 0 Å². The maximum absolute atomic E-state index is 11.8. The molecule has 21 heavy (non-hydrogen) atoms. The van der Waals surface area contributed by atoms with Crippen LogP contribution in [0.3, 0.4) is 0 Å². The zero-order valence-electron chi connectivity index (χ0n) is 11.5. The fourth-order valence-corrected chi connectivity index (χ4v) is 2.14. The van der Waals surface area contributed by atoms with E-state index in [9.17, 15) is 4.79 Å². The van der Waals surface area contributed by atoms with Gasteiger partial charge in [0.1, 0.15) is 0 Å². The van der Waals surface area contributed by atoms with Crippen molar-refractivity contribution in [3.05, 3.63) is 72.1 Å². The van der Waals surface area contributed by atoms with Gasteiger partial charge >= 0.3 is 6.03 Å². The fourth-order valence-electron chi connectivity index (χ4n) is 2.14. The van der Waals surface area contributed by atoms with Crippen LogP contribution in [-0.4, -0.2) is 15.6 Å². The first kappa shape index (κ1) is 13.2. The second-order valence-electron chi connectivity index (χ2n) is 4.72. The van der Waals surface area contributed by atoms with E-state index in [4.69, 9.17) is 0 Å². The molecular formula is C16H16N4O. The Morgan fingerprint density at radius 1 is 1.00 bits per heavy atom. The Bertz CT molecular complexity index is 736. The third-order valence-electron chi connectivity index (χ3n) is 3.24. The largest absolute Gasteiger partial charge is 0.334 e. The second kappa shape index (κ2) is 6.09. The van der Waals surface area contributed by atoms with E-state index >= 15 is 0 Å². The summed E-state index contributed by atoms with van der Waals surface area (Å²) in [5.74, 6) is 0. The van der Waals surface area contributed by atoms with E-state index in [1.54, 1.807) is 10.7 Å². The summed E-state index contributed by atoms with van der Waals surface area (Å²) in [7, 11) is 0. The van der Waals surface area contributed by atoms with Crippen LogP contribution in [0.15, 0.2) is 60.9 Å².